The van der Waals surface area contributed by atoms with Gasteiger partial charge < -0.3 is 35.4 Å². The van der Waals surface area contributed by atoms with Crippen LogP contribution in [0.25, 0.3) is 0 Å². The lowest BCUT2D eigenvalue weighted by Crippen LogP contribution is -2.55. The van der Waals surface area contributed by atoms with Gasteiger partial charge in [-0.2, -0.15) is 0 Å². The fourth-order valence-corrected chi connectivity index (χ4v) is 8.90. The Morgan fingerprint density at radius 3 is 2.17 bits per heavy atom. The van der Waals surface area contributed by atoms with Gasteiger partial charge in [0.2, 0.25) is 11.8 Å². The Morgan fingerprint density at radius 2 is 1.50 bits per heavy atom. The molecule has 5 aromatic carbocycles. The number of hydrogen-bond acceptors (Lipinski definition) is 9. The molecule has 0 saturated carbocycles. The Balaban J connectivity index is 1.38. The summed E-state index contributed by atoms with van der Waals surface area (Å²) in [5.41, 5.74) is 2.52. The third-order valence-electron chi connectivity index (χ3n) is 11.3. The molecule has 11 heteroatoms. The Hall–Kier alpha value is -6.29. The van der Waals surface area contributed by atoms with E-state index >= 15 is 9.59 Å². The average molecular weight is 778 g/mol. The second-order valence-corrected chi connectivity index (χ2v) is 14.6. The fourth-order valence-electron chi connectivity index (χ4n) is 8.90. The van der Waals surface area contributed by atoms with Crippen LogP contribution in [0.3, 0.4) is 0 Å². The number of nitrogens with one attached hydrogen (secondary N) is 2. The first-order valence-electron chi connectivity index (χ1n) is 19.3. The highest BCUT2D eigenvalue weighted by molar-refractivity contribution is 6.12. The number of ether oxygens (including phenoxy) is 2. The minimum Gasteiger partial charge on any atom is -0.491 e. The van der Waals surface area contributed by atoms with E-state index < -0.39 is 59.5 Å². The van der Waals surface area contributed by atoms with E-state index in [0.717, 1.165) is 11.1 Å². The molecule has 7 atom stereocenters. The maximum Gasteiger partial charge on any atom is 0.324 e. The van der Waals surface area contributed by atoms with Crippen molar-refractivity contribution in [3.8, 4) is 17.6 Å². The molecule has 58 heavy (non-hydrogen) atoms. The largest absolute Gasteiger partial charge is 0.491 e. The van der Waals surface area contributed by atoms with Gasteiger partial charge in [0, 0.05) is 24.2 Å². The summed E-state index contributed by atoms with van der Waals surface area (Å²) in [4.78, 5) is 47.4. The summed E-state index contributed by atoms with van der Waals surface area (Å²) in [6, 6.07) is 37.5. The normalized spacial score (nSPS) is 23.8. The summed E-state index contributed by atoms with van der Waals surface area (Å²) in [5, 5.41) is 36.1. The first-order valence-corrected chi connectivity index (χ1v) is 19.3. The number of aliphatic hydroxyl groups excluding tert-OH is 3. The molecule has 0 aromatic heterocycles. The molecule has 3 heterocycles. The van der Waals surface area contributed by atoms with Gasteiger partial charge in [-0.15, -0.1) is 0 Å². The zero-order chi connectivity index (χ0) is 40.2. The topological polar surface area (TPSA) is 158 Å². The number of nitrogens with zero attached hydrogens (tertiary/aromatic N) is 1. The summed E-state index contributed by atoms with van der Waals surface area (Å²) >= 11 is 0. The maximum absolute atomic E-state index is 15.3. The zero-order valence-corrected chi connectivity index (χ0v) is 31.5. The van der Waals surface area contributed by atoms with Crippen LogP contribution in [0, 0.1) is 17.8 Å². The van der Waals surface area contributed by atoms with Crippen molar-refractivity contribution in [3.63, 3.8) is 0 Å². The summed E-state index contributed by atoms with van der Waals surface area (Å²) in [6.45, 7) is -0.411. The summed E-state index contributed by atoms with van der Waals surface area (Å²) in [6.07, 6.45) is -1.67. The van der Waals surface area contributed by atoms with Crippen LogP contribution >= 0.6 is 0 Å². The number of benzene rings is 5. The van der Waals surface area contributed by atoms with Gasteiger partial charge in [0.15, 0.2) is 0 Å². The van der Waals surface area contributed by atoms with Crippen molar-refractivity contribution in [3.05, 3.63) is 167 Å². The first kappa shape index (κ1) is 38.6. The minimum absolute atomic E-state index is 0.0779. The van der Waals surface area contributed by atoms with Gasteiger partial charge in [-0.1, -0.05) is 115 Å². The van der Waals surface area contributed by atoms with Gasteiger partial charge in [-0.3, -0.25) is 19.3 Å². The van der Waals surface area contributed by atoms with E-state index in [4.69, 9.17) is 9.47 Å². The maximum atomic E-state index is 15.3. The smallest absolute Gasteiger partial charge is 0.324 e. The van der Waals surface area contributed by atoms with Gasteiger partial charge in [0.25, 0.3) is 0 Å². The van der Waals surface area contributed by atoms with E-state index in [9.17, 15) is 20.1 Å². The molecule has 2 fully saturated rings. The molecule has 2 amide bonds. The van der Waals surface area contributed by atoms with E-state index in [-0.39, 0.29) is 32.8 Å². The Labute approximate surface area is 336 Å². The van der Waals surface area contributed by atoms with E-state index in [0.29, 0.717) is 33.7 Å². The molecule has 2 saturated heterocycles. The standard InChI is InChI=1S/C47H43N3O8/c51-25-11-10-12-30-19-24-37-36(28-30)47(46(56)49-37)39(44(54)48-29-38(53)31-13-4-1-5-14-31)41-45(55)58-42(33-17-8-3-9-18-33)40(32-15-6-2-7-16-32)50(41)43(47)34-20-22-35(23-21-34)57-27-26-52/h1-9,13-24,28,38-43,51-53H,11,25-27,29H2,(H,48,54)(H,49,56)/t38-,39+,40+,41+,42-,43-,47+/m0/s1. The number of aliphatic hydroxyl groups is 3. The number of morpholine rings is 1. The van der Waals surface area contributed by atoms with Crippen LogP contribution < -0.4 is 15.4 Å². The quantitative estimate of drug-likeness (QED) is 0.0929. The van der Waals surface area contributed by atoms with E-state index in [1.54, 1.807) is 54.6 Å². The molecule has 11 nitrogen and oxygen atoms in total. The first-order chi connectivity index (χ1) is 28.4. The Morgan fingerprint density at radius 1 is 0.828 bits per heavy atom. The van der Waals surface area contributed by atoms with Crippen molar-refractivity contribution < 1.29 is 39.2 Å². The lowest BCUT2D eigenvalue weighted by atomic mass is 9.65. The van der Waals surface area contributed by atoms with Crippen molar-refractivity contribution in [2.75, 3.05) is 31.7 Å². The average Bonchev–Trinajstić information content (AvgIpc) is 3.74. The molecule has 294 valence electrons. The molecule has 1 spiro atoms. The molecule has 5 aromatic rings. The van der Waals surface area contributed by atoms with Crippen molar-refractivity contribution >= 4 is 23.5 Å². The lowest BCUT2D eigenvalue weighted by Gasteiger charge is -2.46. The fraction of sp³-hybridized carbons (Fsp3) is 0.255. The number of esters is 1. The Bertz CT molecular complexity index is 2330. The lowest BCUT2D eigenvalue weighted by molar-refractivity contribution is -0.178. The highest BCUT2D eigenvalue weighted by Gasteiger charge is 2.74. The number of anilines is 1. The van der Waals surface area contributed by atoms with Crippen LogP contribution in [-0.4, -0.2) is 70.4 Å². The van der Waals surface area contributed by atoms with Crippen LogP contribution in [0.5, 0.6) is 5.75 Å². The monoisotopic (exact) mass is 777 g/mol. The molecule has 3 aliphatic rings. The van der Waals surface area contributed by atoms with Crippen LogP contribution in [0.15, 0.2) is 133 Å². The summed E-state index contributed by atoms with van der Waals surface area (Å²) < 4.78 is 12.2. The third-order valence-corrected chi connectivity index (χ3v) is 11.3. The third kappa shape index (κ3) is 6.90. The molecule has 5 N–H and O–H groups in total. The van der Waals surface area contributed by atoms with Gasteiger partial charge >= 0.3 is 5.97 Å². The molecule has 0 unspecified atom stereocenters. The number of carbonyl (C=O) groups is 3. The van der Waals surface area contributed by atoms with E-state index in [2.05, 4.69) is 22.5 Å². The minimum atomic E-state index is -1.75. The van der Waals surface area contributed by atoms with Crippen LogP contribution in [-0.2, 0) is 24.5 Å². The van der Waals surface area contributed by atoms with Gasteiger partial charge in [0.1, 0.15) is 29.9 Å². The number of cyclic esters (lactones) is 1. The molecule has 8 rings (SSSR count). The predicted octanol–water partition coefficient (Wildman–Crippen LogP) is 4.91. The van der Waals surface area contributed by atoms with E-state index in [1.807, 2.05) is 83.8 Å². The molecular formula is C47H43N3O8. The van der Waals surface area contributed by atoms with Gasteiger partial charge in [0.05, 0.1) is 37.3 Å². The second kappa shape index (κ2) is 16.7. The van der Waals surface area contributed by atoms with Crippen molar-refractivity contribution in [1.82, 2.24) is 10.2 Å². The predicted molar refractivity (Wildman–Crippen MR) is 215 cm³/mol. The molecular weight excluding hydrogens is 735 g/mol. The number of rotatable bonds is 11. The van der Waals surface area contributed by atoms with Crippen LogP contribution in [0.4, 0.5) is 5.69 Å². The number of carbonyl (C=O) groups excluding carboxylic acids is 3. The molecule has 0 radical (unpaired) electrons. The molecule has 0 aliphatic carbocycles. The Kier molecular flexibility index (Phi) is 11.1. The van der Waals surface area contributed by atoms with Crippen molar-refractivity contribution in [1.29, 1.82) is 0 Å². The summed E-state index contributed by atoms with van der Waals surface area (Å²) in [7, 11) is 0. The van der Waals surface area contributed by atoms with Gasteiger partial charge in [-0.25, -0.2) is 0 Å². The van der Waals surface area contributed by atoms with Crippen LogP contribution in [0.2, 0.25) is 0 Å². The summed E-state index contributed by atoms with van der Waals surface area (Å²) in [5.74, 6) is 3.40. The SMILES string of the molecule is O=C1O[C@@H](c2ccccc2)[C@@H](c2ccccc2)N2[C@@H](c3ccc(OCCO)cc3)[C@]3(C(=O)Nc4ccc(C#CCCO)cc43)[C@@H](C(=O)NC[C@H](O)c3ccccc3)[C@H]12. The van der Waals surface area contributed by atoms with Crippen molar-refractivity contribution in [2.24, 2.45) is 5.92 Å². The number of amides is 2. The highest BCUT2D eigenvalue weighted by atomic mass is 16.6. The zero-order valence-electron chi connectivity index (χ0n) is 31.5. The van der Waals surface area contributed by atoms with E-state index in [1.165, 1.54) is 0 Å². The number of fused-ring (bicyclic) bond motifs is 3. The van der Waals surface area contributed by atoms with Crippen molar-refractivity contribution in [2.45, 2.75) is 42.2 Å². The molecule has 0 bridgehead atoms. The molecule has 3 aliphatic heterocycles. The van der Waals surface area contributed by atoms with Gasteiger partial charge in [-0.05, 0) is 58.1 Å². The number of hydrogen-bond donors (Lipinski definition) is 5. The van der Waals surface area contributed by atoms with Crippen LogP contribution in [0.1, 0.15) is 64.1 Å². The second-order valence-electron chi connectivity index (χ2n) is 14.6. The highest BCUT2D eigenvalue weighted by Crippen LogP contribution is 2.64.